The van der Waals surface area contributed by atoms with E-state index >= 15 is 0 Å². The number of nitrogens with zero attached hydrogens (tertiary/aromatic N) is 5. The Hall–Kier alpha value is -3.81. The fourth-order valence-corrected chi connectivity index (χ4v) is 4.87. The predicted molar refractivity (Wildman–Crippen MR) is 129 cm³/mol. The zero-order valence-corrected chi connectivity index (χ0v) is 19.1. The number of hydrogen-bond donors (Lipinski definition) is 1. The Balaban J connectivity index is 1.29. The molecule has 3 heterocycles. The molecule has 8 nitrogen and oxygen atoms in total. The number of amides is 1. The molecule has 1 aromatic carbocycles. The Morgan fingerprint density at radius 1 is 0.941 bits per heavy atom. The number of carbonyl (C=O) groups excluding carboxylic acids is 1. The van der Waals surface area contributed by atoms with Crippen LogP contribution in [0.3, 0.4) is 0 Å². The second kappa shape index (κ2) is 9.59. The van der Waals surface area contributed by atoms with Crippen LogP contribution in [0.15, 0.2) is 71.7 Å². The van der Waals surface area contributed by atoms with E-state index in [1.807, 2.05) is 59.1 Å². The maximum Gasteiger partial charge on any atom is 0.267 e. The van der Waals surface area contributed by atoms with Crippen molar-refractivity contribution < 1.29 is 4.79 Å². The van der Waals surface area contributed by atoms with Crippen molar-refractivity contribution in [3.63, 3.8) is 0 Å². The van der Waals surface area contributed by atoms with Gasteiger partial charge in [0.05, 0.1) is 5.69 Å². The van der Waals surface area contributed by atoms with Crippen LogP contribution in [0.1, 0.15) is 37.9 Å². The highest BCUT2D eigenvalue weighted by Gasteiger charge is 2.34. The largest absolute Gasteiger partial charge is 0.354 e. The molecule has 0 spiro atoms. The highest BCUT2D eigenvalue weighted by atomic mass is 16.2. The van der Waals surface area contributed by atoms with Gasteiger partial charge in [-0.3, -0.25) is 14.0 Å². The lowest BCUT2D eigenvalue weighted by molar-refractivity contribution is -0.122. The van der Waals surface area contributed by atoms with Gasteiger partial charge in [0.25, 0.3) is 5.56 Å². The van der Waals surface area contributed by atoms with Gasteiger partial charge in [-0.25, -0.2) is 4.68 Å². The standard InChI is InChI=1S/C26H28N6O2/c33-24(18-32-25(34)13-12-21(30-32)20-9-3-1-4-10-20)27-19-26(14-6-2-7-15-26)17-23-29-28-22-11-5-8-16-31(22)23/h1,3-5,8-13,16H,2,6-7,14-15,17-19H2,(H,27,33). The van der Waals surface area contributed by atoms with E-state index in [4.69, 9.17) is 0 Å². The molecule has 0 radical (unpaired) electrons. The fourth-order valence-electron chi connectivity index (χ4n) is 4.87. The van der Waals surface area contributed by atoms with Crippen LogP contribution in [-0.2, 0) is 17.8 Å². The molecule has 1 amide bonds. The summed E-state index contributed by atoms with van der Waals surface area (Å²) in [5, 5.41) is 16.2. The summed E-state index contributed by atoms with van der Waals surface area (Å²) in [5.41, 5.74) is 2.03. The molecule has 1 saturated carbocycles. The van der Waals surface area contributed by atoms with Crippen molar-refractivity contribution in [1.29, 1.82) is 0 Å². The molecule has 3 aromatic heterocycles. The Morgan fingerprint density at radius 2 is 1.74 bits per heavy atom. The number of carbonyl (C=O) groups is 1. The minimum Gasteiger partial charge on any atom is -0.354 e. The third-order valence-corrected chi connectivity index (χ3v) is 6.72. The second-order valence-corrected chi connectivity index (χ2v) is 9.14. The van der Waals surface area contributed by atoms with Crippen LogP contribution < -0.4 is 10.9 Å². The van der Waals surface area contributed by atoms with Crippen LogP contribution in [0.5, 0.6) is 0 Å². The molecular formula is C26H28N6O2. The van der Waals surface area contributed by atoms with Gasteiger partial charge in [-0.2, -0.15) is 5.10 Å². The molecule has 1 aliphatic rings. The van der Waals surface area contributed by atoms with Crippen LogP contribution in [0.25, 0.3) is 16.9 Å². The first-order chi connectivity index (χ1) is 16.6. The number of nitrogens with one attached hydrogen (secondary N) is 1. The fraction of sp³-hybridized carbons (Fsp3) is 0.346. The molecule has 5 rings (SSSR count). The molecule has 4 aromatic rings. The van der Waals surface area contributed by atoms with Gasteiger partial charge < -0.3 is 5.32 Å². The van der Waals surface area contributed by atoms with E-state index in [1.54, 1.807) is 6.07 Å². The highest BCUT2D eigenvalue weighted by molar-refractivity contribution is 5.75. The van der Waals surface area contributed by atoms with E-state index in [1.165, 1.54) is 17.2 Å². The number of rotatable bonds is 7. The van der Waals surface area contributed by atoms with Crippen molar-refractivity contribution in [3.05, 3.63) is 83.0 Å². The SMILES string of the molecule is O=C(Cn1nc(-c2ccccc2)ccc1=O)NCC1(Cc2nnc3ccccn23)CCCCC1. The number of benzene rings is 1. The van der Waals surface area contributed by atoms with Gasteiger partial charge >= 0.3 is 0 Å². The third-order valence-electron chi connectivity index (χ3n) is 6.72. The van der Waals surface area contributed by atoms with Crippen LogP contribution in [0, 0.1) is 5.41 Å². The Morgan fingerprint density at radius 3 is 2.56 bits per heavy atom. The number of aromatic nitrogens is 5. The van der Waals surface area contributed by atoms with Gasteiger partial charge in [0, 0.05) is 30.8 Å². The molecule has 1 N–H and O–H groups in total. The summed E-state index contributed by atoms with van der Waals surface area (Å²) in [6, 6.07) is 18.6. The van der Waals surface area contributed by atoms with Gasteiger partial charge in [-0.05, 0) is 36.5 Å². The average molecular weight is 457 g/mol. The molecule has 0 unspecified atom stereocenters. The summed E-state index contributed by atoms with van der Waals surface area (Å²) < 4.78 is 3.26. The van der Waals surface area contributed by atoms with Crippen molar-refractivity contribution >= 4 is 11.6 Å². The van der Waals surface area contributed by atoms with E-state index in [0.717, 1.165) is 49.1 Å². The molecule has 34 heavy (non-hydrogen) atoms. The van der Waals surface area contributed by atoms with Gasteiger partial charge in [0.1, 0.15) is 12.4 Å². The average Bonchev–Trinajstić information content (AvgIpc) is 3.28. The van der Waals surface area contributed by atoms with Crippen LogP contribution in [0.2, 0.25) is 0 Å². The summed E-state index contributed by atoms with van der Waals surface area (Å²) in [6.07, 6.45) is 8.26. The lowest BCUT2D eigenvalue weighted by atomic mass is 9.71. The predicted octanol–water partition coefficient (Wildman–Crippen LogP) is 3.26. The quantitative estimate of drug-likeness (QED) is 0.461. The van der Waals surface area contributed by atoms with Crippen molar-refractivity contribution in [2.24, 2.45) is 5.41 Å². The van der Waals surface area contributed by atoms with E-state index in [-0.39, 0.29) is 23.4 Å². The summed E-state index contributed by atoms with van der Waals surface area (Å²) in [4.78, 5) is 25.2. The minimum atomic E-state index is -0.294. The summed E-state index contributed by atoms with van der Waals surface area (Å²) in [6.45, 7) is 0.435. The summed E-state index contributed by atoms with van der Waals surface area (Å²) in [5.74, 6) is 0.705. The first-order valence-corrected chi connectivity index (χ1v) is 11.8. The van der Waals surface area contributed by atoms with E-state index in [2.05, 4.69) is 20.6 Å². The zero-order valence-electron chi connectivity index (χ0n) is 19.1. The minimum absolute atomic E-state index is 0.0724. The van der Waals surface area contributed by atoms with Gasteiger partial charge in [-0.15, -0.1) is 10.2 Å². The molecule has 0 saturated heterocycles. The monoisotopic (exact) mass is 456 g/mol. The second-order valence-electron chi connectivity index (χ2n) is 9.14. The smallest absolute Gasteiger partial charge is 0.267 e. The van der Waals surface area contributed by atoms with Crippen LogP contribution in [0.4, 0.5) is 0 Å². The lowest BCUT2D eigenvalue weighted by Gasteiger charge is -2.37. The van der Waals surface area contributed by atoms with Gasteiger partial charge in [0.15, 0.2) is 5.65 Å². The number of pyridine rings is 1. The van der Waals surface area contributed by atoms with Gasteiger partial charge in [0.2, 0.25) is 5.91 Å². The lowest BCUT2D eigenvalue weighted by Crippen LogP contribution is -2.43. The topological polar surface area (TPSA) is 94.2 Å². The van der Waals surface area contributed by atoms with E-state index in [9.17, 15) is 9.59 Å². The first-order valence-electron chi connectivity index (χ1n) is 11.8. The molecule has 174 valence electrons. The number of hydrogen-bond acceptors (Lipinski definition) is 5. The molecule has 0 bridgehead atoms. The maximum absolute atomic E-state index is 12.9. The normalized spacial score (nSPS) is 15.3. The molecule has 1 fully saturated rings. The van der Waals surface area contributed by atoms with Gasteiger partial charge in [-0.1, -0.05) is 55.7 Å². The van der Waals surface area contributed by atoms with Crippen LogP contribution >= 0.6 is 0 Å². The maximum atomic E-state index is 12.9. The van der Waals surface area contributed by atoms with Crippen molar-refractivity contribution in [2.45, 2.75) is 45.1 Å². The molecule has 0 atom stereocenters. The van der Waals surface area contributed by atoms with Crippen molar-refractivity contribution in [3.8, 4) is 11.3 Å². The Kier molecular flexibility index (Phi) is 6.20. The van der Waals surface area contributed by atoms with Crippen LogP contribution in [-0.4, -0.2) is 36.8 Å². The molecular weight excluding hydrogens is 428 g/mol. The third kappa shape index (κ3) is 4.76. The Bertz CT molecular complexity index is 1340. The van der Waals surface area contributed by atoms with Crippen molar-refractivity contribution in [2.75, 3.05) is 6.54 Å². The zero-order chi connectivity index (χ0) is 23.4. The number of fused-ring (bicyclic) bond motifs is 1. The molecule has 0 aliphatic heterocycles. The highest BCUT2D eigenvalue weighted by Crippen LogP contribution is 2.38. The first kappa shape index (κ1) is 22.0. The molecule has 1 aliphatic carbocycles. The molecule has 8 heteroatoms. The van der Waals surface area contributed by atoms with Crippen molar-refractivity contribution in [1.82, 2.24) is 29.7 Å². The van der Waals surface area contributed by atoms with E-state index in [0.29, 0.717) is 12.2 Å². The summed E-state index contributed by atoms with van der Waals surface area (Å²) >= 11 is 0. The van der Waals surface area contributed by atoms with E-state index < -0.39 is 0 Å². The Labute approximate surface area is 197 Å². The summed E-state index contributed by atoms with van der Waals surface area (Å²) in [7, 11) is 0.